The molecule has 0 radical (unpaired) electrons. The van der Waals surface area contributed by atoms with Crippen LogP contribution in [-0.4, -0.2) is 93.5 Å². The average Bonchev–Trinajstić information content (AvgIpc) is 3.72. The maximum atomic E-state index is 14.5. The number of amides is 1. The Morgan fingerprint density at radius 3 is 2.28 bits per heavy atom. The number of aromatic nitrogens is 1. The monoisotopic (exact) mass is 809 g/mol. The Bertz CT molecular complexity index is 2140. The molecule has 0 aliphatic carbocycles. The van der Waals surface area contributed by atoms with E-state index in [2.05, 4.69) is 5.32 Å². The largest absolute Gasteiger partial charge is 0.507 e. The van der Waals surface area contributed by atoms with Crippen LogP contribution in [0.2, 0.25) is 0 Å². The van der Waals surface area contributed by atoms with E-state index in [0.29, 0.717) is 22.9 Å². The van der Waals surface area contributed by atoms with Crippen LogP contribution in [0.4, 0.5) is 10.8 Å². The first-order chi connectivity index (χ1) is 26.8. The highest BCUT2D eigenvalue weighted by molar-refractivity contribution is 7.23. The summed E-state index contributed by atoms with van der Waals surface area (Å²) in [6.07, 6.45) is 3.95. The van der Waals surface area contributed by atoms with Crippen molar-refractivity contribution >= 4 is 60.8 Å². The highest BCUT2D eigenvalue weighted by Crippen LogP contribution is 2.55. The summed E-state index contributed by atoms with van der Waals surface area (Å²) in [5.74, 6) is -6.80. The Kier molecular flexibility index (Phi) is 13.0. The third kappa shape index (κ3) is 7.94. The minimum Gasteiger partial charge on any atom is -0.507 e. The van der Waals surface area contributed by atoms with Crippen LogP contribution in [0.5, 0.6) is 17.2 Å². The number of carbonyl (C=O) groups is 3. The summed E-state index contributed by atoms with van der Waals surface area (Å²) in [4.78, 5) is 47.5. The van der Waals surface area contributed by atoms with Crippen molar-refractivity contribution in [1.29, 1.82) is 0 Å². The molecule has 5 N–H and O–H groups in total. The molecule has 9 atom stereocenters. The molecule has 3 heterocycles. The van der Waals surface area contributed by atoms with Gasteiger partial charge in [-0.3, -0.25) is 14.4 Å². The van der Waals surface area contributed by atoms with Crippen LogP contribution in [0.3, 0.4) is 0 Å². The smallest absolute Gasteiger partial charge is 0.312 e. The van der Waals surface area contributed by atoms with Gasteiger partial charge >= 0.3 is 11.8 Å². The number of esters is 1. The van der Waals surface area contributed by atoms with Crippen LogP contribution in [-0.2, 0) is 23.8 Å². The summed E-state index contributed by atoms with van der Waals surface area (Å²) >= 11 is 1.22. The summed E-state index contributed by atoms with van der Waals surface area (Å²) in [7, 11) is 1.46. The number of ketones is 1. The van der Waals surface area contributed by atoms with Gasteiger partial charge in [0.1, 0.15) is 23.3 Å². The van der Waals surface area contributed by atoms with E-state index in [1.165, 1.54) is 38.6 Å². The summed E-state index contributed by atoms with van der Waals surface area (Å²) < 4.78 is 24.2. The van der Waals surface area contributed by atoms with Gasteiger partial charge in [0, 0.05) is 74.2 Å². The number of nitrogens with one attached hydrogen (secondary N) is 1. The van der Waals surface area contributed by atoms with Crippen LogP contribution in [0.1, 0.15) is 78.2 Å². The fraction of sp³-hybridized carbons (Fsp3) is 0.524. The van der Waals surface area contributed by atoms with E-state index < -0.39 is 77.3 Å². The number of methoxy groups -OCH3 is 1. The fourth-order valence-corrected chi connectivity index (χ4v) is 8.94. The molecule has 5 rings (SSSR count). The molecule has 1 aromatic heterocycles. The van der Waals surface area contributed by atoms with Gasteiger partial charge in [-0.2, -0.15) is 0 Å². The number of hydrogen-bond acceptors (Lipinski definition) is 14. The molecule has 9 unspecified atom stereocenters. The summed E-state index contributed by atoms with van der Waals surface area (Å²) in [6, 6.07) is 0. The molecule has 57 heavy (non-hydrogen) atoms. The number of allylic oxidation sites excluding steroid dienone is 2. The number of benzene rings is 2. The summed E-state index contributed by atoms with van der Waals surface area (Å²) in [5, 5.41) is 49.9. The fourth-order valence-electron chi connectivity index (χ4n) is 7.74. The zero-order chi connectivity index (χ0) is 42.3. The predicted octanol–water partition coefficient (Wildman–Crippen LogP) is 6.50. The molecular weight excluding hydrogens is 755 g/mol. The van der Waals surface area contributed by atoms with Crippen molar-refractivity contribution in [2.45, 2.75) is 99.4 Å². The number of aliphatic hydroxyl groups is 2. The zero-order valence-corrected chi connectivity index (χ0v) is 35.2. The van der Waals surface area contributed by atoms with Crippen LogP contribution in [0.25, 0.3) is 21.0 Å². The van der Waals surface area contributed by atoms with Crippen molar-refractivity contribution < 1.29 is 53.8 Å². The molecule has 3 aromatic rings. The number of hydrogen-bond donors (Lipinski definition) is 5. The Morgan fingerprint density at radius 1 is 1.00 bits per heavy atom. The lowest BCUT2D eigenvalue weighted by Gasteiger charge is -2.38. The second-order valence-corrected chi connectivity index (χ2v) is 16.2. The number of nitrogens with zero attached hydrogens (tertiary/aromatic N) is 2. The molecule has 2 aliphatic heterocycles. The van der Waals surface area contributed by atoms with Crippen molar-refractivity contribution in [3.63, 3.8) is 0 Å². The quantitative estimate of drug-likeness (QED) is 0.138. The van der Waals surface area contributed by atoms with Gasteiger partial charge in [0.15, 0.2) is 10.9 Å². The van der Waals surface area contributed by atoms with Gasteiger partial charge in [-0.25, -0.2) is 4.98 Å². The minimum absolute atomic E-state index is 0.0139. The van der Waals surface area contributed by atoms with Crippen LogP contribution in [0.15, 0.2) is 36.1 Å². The van der Waals surface area contributed by atoms with Gasteiger partial charge in [0.05, 0.1) is 45.7 Å². The van der Waals surface area contributed by atoms with Crippen molar-refractivity contribution in [2.75, 3.05) is 30.4 Å². The molecule has 15 heteroatoms. The van der Waals surface area contributed by atoms with Gasteiger partial charge in [-0.05, 0) is 33.8 Å². The Balaban J connectivity index is 1.75. The number of anilines is 2. The molecule has 2 aliphatic rings. The van der Waals surface area contributed by atoms with Gasteiger partial charge < -0.3 is 49.6 Å². The third-order valence-electron chi connectivity index (χ3n) is 11.4. The minimum atomic E-state index is -1.94. The highest BCUT2D eigenvalue weighted by Gasteiger charge is 2.50. The number of rotatable bonds is 5. The van der Waals surface area contributed by atoms with Crippen molar-refractivity contribution in [2.24, 2.45) is 23.7 Å². The molecular formula is C42H55N3O11S. The van der Waals surface area contributed by atoms with E-state index in [1.807, 2.05) is 18.7 Å². The lowest BCUT2D eigenvalue weighted by Crippen LogP contribution is -2.46. The number of aliphatic hydroxyl groups excluding tert-OH is 2. The standard InChI is InChI=1S/C42H55N3O11S/c1-12-45(13-2)41-44-30-27-28-34(49)24(8)37-29(27)39(51)42(10,56-37)54-18-17-26(53-11)21(5)36(55-25(9)46)23(7)33(48)22(6)32(47)19(3)15-14-16-20(4)40(52)43-31(35(28)50)38(30)57-41/h14-19,21-23,26,32-33,36,47-50H,12-13H2,1-11H3,(H,43,52)/b15-14-,18-17-,20-16-. The first-order valence-corrected chi connectivity index (χ1v) is 20.0. The lowest BCUT2D eigenvalue weighted by molar-refractivity contribution is -0.160. The molecule has 0 saturated heterocycles. The first-order valence-electron chi connectivity index (χ1n) is 19.2. The van der Waals surface area contributed by atoms with Crippen LogP contribution < -0.4 is 15.0 Å². The number of aromatic hydroxyl groups is 2. The normalized spacial score (nSPS) is 30.7. The summed E-state index contributed by atoms with van der Waals surface area (Å²) in [6.45, 7) is 18.0. The molecule has 310 valence electrons. The van der Waals surface area contributed by atoms with Gasteiger partial charge in [-0.1, -0.05) is 57.3 Å². The van der Waals surface area contributed by atoms with Crippen molar-refractivity contribution in [1.82, 2.24) is 4.98 Å². The van der Waals surface area contributed by atoms with Gasteiger partial charge in [0.25, 0.3) is 11.7 Å². The van der Waals surface area contributed by atoms with Gasteiger partial charge in [0.2, 0.25) is 0 Å². The van der Waals surface area contributed by atoms with Crippen LogP contribution in [0, 0.1) is 30.6 Å². The Hall–Kier alpha value is -4.70. The van der Waals surface area contributed by atoms with E-state index >= 15 is 0 Å². The maximum Gasteiger partial charge on any atom is 0.312 e. The molecule has 14 nitrogen and oxygen atoms in total. The number of Topliss-reactive ketones (excluding diaryl/α,β-unsaturated/α-hetero) is 1. The number of phenols is 2. The number of carbonyl (C=O) groups excluding carboxylic acids is 3. The maximum absolute atomic E-state index is 14.5. The summed E-state index contributed by atoms with van der Waals surface area (Å²) in [5.41, 5.74) is 0.740. The zero-order valence-electron chi connectivity index (χ0n) is 34.4. The molecule has 0 fully saturated rings. The Labute approximate surface area is 336 Å². The van der Waals surface area contributed by atoms with Crippen molar-refractivity contribution in [3.05, 3.63) is 47.3 Å². The number of thiazole rings is 1. The second kappa shape index (κ2) is 17.0. The number of fused-ring (bicyclic) bond motifs is 1. The average molecular weight is 810 g/mol. The third-order valence-corrected chi connectivity index (χ3v) is 12.5. The van der Waals surface area contributed by atoms with E-state index in [-0.39, 0.29) is 50.2 Å². The van der Waals surface area contributed by atoms with E-state index in [1.54, 1.807) is 65.8 Å². The molecule has 0 spiro atoms. The predicted molar refractivity (Wildman–Crippen MR) is 219 cm³/mol. The number of phenolic OH excluding ortho intramolecular Hbond substituents is 2. The van der Waals surface area contributed by atoms with E-state index in [0.717, 1.165) is 0 Å². The molecule has 1 amide bonds. The first kappa shape index (κ1) is 43.4. The van der Waals surface area contributed by atoms with Crippen molar-refractivity contribution in [3.8, 4) is 17.2 Å². The van der Waals surface area contributed by atoms with Gasteiger partial charge in [-0.15, -0.1) is 0 Å². The number of ether oxygens (including phenoxy) is 4. The molecule has 0 saturated carbocycles. The van der Waals surface area contributed by atoms with E-state index in [9.17, 15) is 34.8 Å². The lowest BCUT2D eigenvalue weighted by atomic mass is 9.78. The molecule has 4 bridgehead atoms. The second-order valence-electron chi connectivity index (χ2n) is 15.2. The topological polar surface area (TPSA) is 197 Å². The highest BCUT2D eigenvalue weighted by atomic mass is 32.1. The van der Waals surface area contributed by atoms with Crippen LogP contribution >= 0.6 is 11.3 Å². The molecule has 2 aromatic carbocycles. The van der Waals surface area contributed by atoms with E-state index in [4.69, 9.17) is 23.9 Å². The Morgan fingerprint density at radius 2 is 1.67 bits per heavy atom. The SMILES string of the molecule is CCN(CC)c1nc2c(s1)c1c(O)c3c(O)c(C)c4c(c32)C(=O)C(C)(O/C=C\C(OC)C(C)C(OC(C)=O)C(C)C(O)C(C)C(O)C(C)/C=C\C=C(\C)C(=O)N1)O4.